The van der Waals surface area contributed by atoms with Crippen LogP contribution in [0.3, 0.4) is 0 Å². The summed E-state index contributed by atoms with van der Waals surface area (Å²) in [5, 5.41) is 4.01. The first kappa shape index (κ1) is 14.9. The molecule has 0 atom stereocenters. The fourth-order valence-corrected chi connectivity index (χ4v) is 2.31. The van der Waals surface area contributed by atoms with E-state index in [2.05, 4.69) is 27.8 Å². The average Bonchev–Trinajstić information content (AvgIpc) is 2.47. The normalized spacial score (nSPS) is 10.1. The highest BCUT2D eigenvalue weighted by Gasteiger charge is 2.05. The van der Waals surface area contributed by atoms with Crippen molar-refractivity contribution in [2.75, 3.05) is 11.9 Å². The third kappa shape index (κ3) is 4.02. The van der Waals surface area contributed by atoms with Gasteiger partial charge < -0.3 is 10.1 Å². The number of nitrogens with one attached hydrogen (secondary N) is 1. The SMILES string of the molecule is C=CCOc1ccccc1CNc1cc(Br)ccc1Cl. The molecule has 104 valence electrons. The van der Waals surface area contributed by atoms with Crippen LogP contribution in [0.25, 0.3) is 0 Å². The predicted molar refractivity (Wildman–Crippen MR) is 88.6 cm³/mol. The number of hydrogen-bond donors (Lipinski definition) is 1. The minimum Gasteiger partial charge on any atom is -0.489 e. The van der Waals surface area contributed by atoms with E-state index in [1.807, 2.05) is 42.5 Å². The molecule has 0 spiro atoms. The van der Waals surface area contributed by atoms with Crippen molar-refractivity contribution in [3.63, 3.8) is 0 Å². The summed E-state index contributed by atoms with van der Waals surface area (Å²) in [6.45, 7) is 4.79. The summed E-state index contributed by atoms with van der Waals surface area (Å²) in [6.07, 6.45) is 1.73. The van der Waals surface area contributed by atoms with Crippen LogP contribution in [0.15, 0.2) is 59.6 Å². The molecule has 2 rings (SSSR count). The largest absolute Gasteiger partial charge is 0.489 e. The van der Waals surface area contributed by atoms with E-state index < -0.39 is 0 Å². The molecule has 0 radical (unpaired) electrons. The molecule has 0 aromatic heterocycles. The Bertz CT molecular complexity index is 601. The lowest BCUT2D eigenvalue weighted by Gasteiger charge is -2.13. The molecule has 0 fully saturated rings. The molecule has 20 heavy (non-hydrogen) atoms. The zero-order valence-electron chi connectivity index (χ0n) is 10.9. The van der Waals surface area contributed by atoms with Crippen molar-refractivity contribution in [2.24, 2.45) is 0 Å². The summed E-state index contributed by atoms with van der Waals surface area (Å²) < 4.78 is 6.62. The lowest BCUT2D eigenvalue weighted by Crippen LogP contribution is -2.03. The second kappa shape index (κ2) is 7.36. The molecule has 0 unspecified atom stereocenters. The van der Waals surface area contributed by atoms with Crippen molar-refractivity contribution in [1.29, 1.82) is 0 Å². The molecule has 2 nitrogen and oxygen atoms in total. The maximum atomic E-state index is 6.16. The zero-order chi connectivity index (χ0) is 14.4. The molecule has 0 heterocycles. The van der Waals surface area contributed by atoms with Gasteiger partial charge in [-0.2, -0.15) is 0 Å². The van der Waals surface area contributed by atoms with Gasteiger partial charge in [0.2, 0.25) is 0 Å². The molecule has 0 bridgehead atoms. The molecule has 4 heteroatoms. The molecule has 2 aromatic carbocycles. The van der Waals surface area contributed by atoms with Gasteiger partial charge in [0.05, 0.1) is 10.7 Å². The molecule has 0 saturated carbocycles. The first-order valence-electron chi connectivity index (χ1n) is 6.21. The lowest BCUT2D eigenvalue weighted by molar-refractivity contribution is 0.359. The van der Waals surface area contributed by atoms with Gasteiger partial charge in [-0.3, -0.25) is 0 Å². The molecular formula is C16H15BrClNO. The van der Waals surface area contributed by atoms with Crippen LogP contribution >= 0.6 is 27.5 Å². The minimum absolute atomic E-state index is 0.495. The molecule has 0 aliphatic heterocycles. The van der Waals surface area contributed by atoms with Crippen LogP contribution in [0.4, 0.5) is 5.69 Å². The van der Waals surface area contributed by atoms with Crippen LogP contribution < -0.4 is 10.1 Å². The Hall–Kier alpha value is -1.45. The van der Waals surface area contributed by atoms with Crippen LogP contribution in [0, 0.1) is 0 Å². The Kier molecular flexibility index (Phi) is 5.50. The van der Waals surface area contributed by atoms with E-state index in [1.54, 1.807) is 6.08 Å². The third-order valence-corrected chi connectivity index (χ3v) is 3.55. The van der Waals surface area contributed by atoms with Gasteiger partial charge in [0, 0.05) is 16.6 Å². The molecule has 2 aromatic rings. The topological polar surface area (TPSA) is 21.3 Å². The monoisotopic (exact) mass is 351 g/mol. The van der Waals surface area contributed by atoms with Crippen molar-refractivity contribution in [3.05, 3.63) is 70.2 Å². The molecule has 0 amide bonds. The lowest BCUT2D eigenvalue weighted by atomic mass is 10.2. The summed E-state index contributed by atoms with van der Waals surface area (Å²) in [5.74, 6) is 0.853. The van der Waals surface area contributed by atoms with E-state index in [9.17, 15) is 0 Å². The summed E-state index contributed by atoms with van der Waals surface area (Å²) >= 11 is 9.59. The van der Waals surface area contributed by atoms with E-state index >= 15 is 0 Å². The highest BCUT2D eigenvalue weighted by atomic mass is 79.9. The Balaban J connectivity index is 2.10. The highest BCUT2D eigenvalue weighted by molar-refractivity contribution is 9.10. The second-order valence-electron chi connectivity index (χ2n) is 4.19. The highest BCUT2D eigenvalue weighted by Crippen LogP contribution is 2.27. The first-order valence-corrected chi connectivity index (χ1v) is 7.38. The maximum Gasteiger partial charge on any atom is 0.124 e. The minimum atomic E-state index is 0.495. The van der Waals surface area contributed by atoms with Crippen LogP contribution in [-0.4, -0.2) is 6.61 Å². The Morgan fingerprint density at radius 1 is 1.25 bits per heavy atom. The fourth-order valence-electron chi connectivity index (χ4n) is 1.76. The number of ether oxygens (including phenoxy) is 1. The molecule has 0 saturated heterocycles. The van der Waals surface area contributed by atoms with Gasteiger partial charge in [-0.05, 0) is 24.3 Å². The van der Waals surface area contributed by atoms with Gasteiger partial charge in [-0.15, -0.1) is 0 Å². The Morgan fingerprint density at radius 2 is 2.05 bits per heavy atom. The smallest absolute Gasteiger partial charge is 0.124 e. The molecule has 0 aliphatic carbocycles. The molecule has 1 N–H and O–H groups in total. The second-order valence-corrected chi connectivity index (χ2v) is 5.51. The van der Waals surface area contributed by atoms with Crippen molar-refractivity contribution in [2.45, 2.75) is 6.54 Å². The van der Waals surface area contributed by atoms with Gasteiger partial charge in [0.1, 0.15) is 12.4 Å². The third-order valence-electron chi connectivity index (χ3n) is 2.73. The summed E-state index contributed by atoms with van der Waals surface area (Å²) in [6, 6.07) is 13.6. The number of anilines is 1. The summed E-state index contributed by atoms with van der Waals surface area (Å²) in [5.41, 5.74) is 1.96. The van der Waals surface area contributed by atoms with Crippen LogP contribution in [-0.2, 0) is 6.54 Å². The van der Waals surface area contributed by atoms with E-state index in [1.165, 1.54) is 0 Å². The fraction of sp³-hybridized carbons (Fsp3) is 0.125. The Morgan fingerprint density at radius 3 is 2.85 bits per heavy atom. The van der Waals surface area contributed by atoms with Crippen molar-refractivity contribution >= 4 is 33.2 Å². The van der Waals surface area contributed by atoms with Crippen LogP contribution in [0.2, 0.25) is 5.02 Å². The number of para-hydroxylation sites is 1. The maximum absolute atomic E-state index is 6.16. The van der Waals surface area contributed by atoms with E-state index in [4.69, 9.17) is 16.3 Å². The van der Waals surface area contributed by atoms with Crippen LogP contribution in [0.5, 0.6) is 5.75 Å². The van der Waals surface area contributed by atoms with Gasteiger partial charge in [-0.25, -0.2) is 0 Å². The van der Waals surface area contributed by atoms with E-state index in [-0.39, 0.29) is 0 Å². The number of hydrogen-bond acceptors (Lipinski definition) is 2. The van der Waals surface area contributed by atoms with E-state index in [0.29, 0.717) is 18.2 Å². The van der Waals surface area contributed by atoms with Gasteiger partial charge in [-0.1, -0.05) is 58.4 Å². The van der Waals surface area contributed by atoms with Gasteiger partial charge in [0.15, 0.2) is 0 Å². The average molecular weight is 353 g/mol. The van der Waals surface area contributed by atoms with Gasteiger partial charge >= 0.3 is 0 Å². The van der Waals surface area contributed by atoms with Crippen molar-refractivity contribution < 1.29 is 4.74 Å². The summed E-state index contributed by atoms with van der Waals surface area (Å²) in [4.78, 5) is 0. The first-order chi connectivity index (χ1) is 9.70. The number of benzene rings is 2. The number of halogens is 2. The summed E-state index contributed by atoms with van der Waals surface area (Å²) in [7, 11) is 0. The van der Waals surface area contributed by atoms with Gasteiger partial charge in [0.25, 0.3) is 0 Å². The van der Waals surface area contributed by atoms with Crippen molar-refractivity contribution in [1.82, 2.24) is 0 Å². The zero-order valence-corrected chi connectivity index (χ0v) is 13.2. The van der Waals surface area contributed by atoms with E-state index in [0.717, 1.165) is 21.5 Å². The molecule has 0 aliphatic rings. The van der Waals surface area contributed by atoms with Crippen LogP contribution in [0.1, 0.15) is 5.56 Å². The predicted octanol–water partition coefficient (Wildman–Crippen LogP) is 5.28. The van der Waals surface area contributed by atoms with Crippen molar-refractivity contribution in [3.8, 4) is 5.75 Å². The Labute approximate surface area is 132 Å². The molecular weight excluding hydrogens is 338 g/mol. The quantitative estimate of drug-likeness (QED) is 0.714. The standard InChI is InChI=1S/C16H15BrClNO/c1-2-9-20-16-6-4-3-5-12(16)11-19-15-10-13(17)7-8-14(15)18/h2-8,10,19H,1,9,11H2. The number of rotatable bonds is 6.